The van der Waals surface area contributed by atoms with Crippen molar-refractivity contribution in [3.63, 3.8) is 0 Å². The Morgan fingerprint density at radius 2 is 2.09 bits per heavy atom. The van der Waals surface area contributed by atoms with Gasteiger partial charge in [0.25, 0.3) is 5.91 Å². The summed E-state index contributed by atoms with van der Waals surface area (Å²) in [5, 5.41) is 7.99. The van der Waals surface area contributed by atoms with Crippen molar-refractivity contribution in [2.75, 3.05) is 12.4 Å². The lowest BCUT2D eigenvalue weighted by molar-refractivity contribution is -0.142. The van der Waals surface area contributed by atoms with Crippen LogP contribution in [0.3, 0.4) is 0 Å². The monoisotopic (exact) mass is 469 g/mol. The molecule has 3 aromatic rings. The van der Waals surface area contributed by atoms with Gasteiger partial charge < -0.3 is 9.15 Å². The third-order valence-electron chi connectivity index (χ3n) is 4.90. The van der Waals surface area contributed by atoms with E-state index in [-0.39, 0.29) is 30.1 Å². The van der Waals surface area contributed by atoms with E-state index in [0.717, 1.165) is 15.6 Å². The summed E-state index contributed by atoms with van der Waals surface area (Å²) < 4.78 is 11.3. The SMILES string of the molecule is CCOC(=O)Cc1csc(SCC(=O)N2N=C(c3ccc(C)cc3)CC2c2ccco2)n1. The van der Waals surface area contributed by atoms with Crippen molar-refractivity contribution in [2.45, 2.75) is 37.1 Å². The number of furan rings is 1. The van der Waals surface area contributed by atoms with E-state index in [4.69, 9.17) is 9.15 Å². The Morgan fingerprint density at radius 1 is 1.28 bits per heavy atom. The maximum Gasteiger partial charge on any atom is 0.311 e. The summed E-state index contributed by atoms with van der Waals surface area (Å²) in [5.74, 6) is 0.469. The van der Waals surface area contributed by atoms with Crippen LogP contribution in [0.15, 0.2) is 61.9 Å². The molecular formula is C23H23N3O4S2. The van der Waals surface area contributed by atoms with E-state index in [0.29, 0.717) is 24.5 Å². The fourth-order valence-corrected chi connectivity index (χ4v) is 5.05. The molecule has 166 valence electrons. The van der Waals surface area contributed by atoms with Crippen molar-refractivity contribution in [2.24, 2.45) is 5.10 Å². The molecule has 0 N–H and O–H groups in total. The zero-order valence-electron chi connectivity index (χ0n) is 17.8. The quantitative estimate of drug-likeness (QED) is 0.354. The number of benzene rings is 1. The number of nitrogens with zero attached hydrogens (tertiary/aromatic N) is 3. The summed E-state index contributed by atoms with van der Waals surface area (Å²) in [6, 6.07) is 11.5. The molecule has 0 spiro atoms. The maximum absolute atomic E-state index is 13.1. The minimum atomic E-state index is -0.304. The highest BCUT2D eigenvalue weighted by Gasteiger charge is 2.34. The molecule has 0 aliphatic carbocycles. The third kappa shape index (κ3) is 5.28. The summed E-state index contributed by atoms with van der Waals surface area (Å²) in [4.78, 5) is 29.1. The van der Waals surface area contributed by atoms with Gasteiger partial charge in [0, 0.05) is 11.8 Å². The first kappa shape index (κ1) is 22.3. The van der Waals surface area contributed by atoms with Crippen LogP contribution < -0.4 is 0 Å². The van der Waals surface area contributed by atoms with E-state index < -0.39 is 0 Å². The topological polar surface area (TPSA) is 85.0 Å². The summed E-state index contributed by atoms with van der Waals surface area (Å²) >= 11 is 2.75. The second-order valence-corrected chi connectivity index (χ2v) is 9.34. The summed E-state index contributed by atoms with van der Waals surface area (Å²) in [6.07, 6.45) is 2.33. The van der Waals surface area contributed by atoms with E-state index in [2.05, 4.69) is 10.1 Å². The number of esters is 1. The minimum Gasteiger partial charge on any atom is -0.467 e. The van der Waals surface area contributed by atoms with Crippen molar-refractivity contribution in [1.29, 1.82) is 0 Å². The van der Waals surface area contributed by atoms with Gasteiger partial charge in [-0.2, -0.15) is 5.10 Å². The highest BCUT2D eigenvalue weighted by molar-refractivity contribution is 8.01. The Labute approximate surface area is 194 Å². The molecule has 0 fully saturated rings. The number of hydrazone groups is 1. The van der Waals surface area contributed by atoms with Gasteiger partial charge in [-0.05, 0) is 31.5 Å². The van der Waals surface area contributed by atoms with Gasteiger partial charge in [-0.3, -0.25) is 9.59 Å². The molecule has 1 aliphatic heterocycles. The van der Waals surface area contributed by atoms with Gasteiger partial charge in [0.15, 0.2) is 4.34 Å². The molecule has 1 amide bonds. The Bertz CT molecular complexity index is 1110. The lowest BCUT2D eigenvalue weighted by Gasteiger charge is -2.19. The van der Waals surface area contributed by atoms with E-state index in [1.165, 1.54) is 33.7 Å². The molecule has 1 aliphatic rings. The second kappa shape index (κ2) is 10.1. The van der Waals surface area contributed by atoms with Crippen molar-refractivity contribution >= 4 is 40.7 Å². The van der Waals surface area contributed by atoms with E-state index in [1.54, 1.807) is 13.2 Å². The molecule has 1 aromatic carbocycles. The third-order valence-corrected chi connectivity index (χ3v) is 6.96. The van der Waals surface area contributed by atoms with Crippen molar-refractivity contribution in [3.05, 3.63) is 70.6 Å². The first-order valence-electron chi connectivity index (χ1n) is 10.3. The molecule has 1 unspecified atom stereocenters. The zero-order valence-corrected chi connectivity index (χ0v) is 19.4. The first-order chi connectivity index (χ1) is 15.5. The number of carbonyl (C=O) groups is 2. The molecule has 3 heterocycles. The standard InChI is InChI=1S/C23H23N3O4S2/c1-3-29-22(28)11-17-13-31-23(24-17)32-14-21(27)26-19(20-5-4-10-30-20)12-18(25-26)16-8-6-15(2)7-9-16/h4-10,13,19H,3,11-12,14H2,1-2H3. The smallest absolute Gasteiger partial charge is 0.311 e. The van der Waals surface area contributed by atoms with Crippen molar-refractivity contribution < 1.29 is 18.7 Å². The van der Waals surface area contributed by atoms with E-state index >= 15 is 0 Å². The van der Waals surface area contributed by atoms with Crippen LogP contribution >= 0.6 is 23.1 Å². The van der Waals surface area contributed by atoms with Crippen LogP contribution in [0, 0.1) is 6.92 Å². The molecule has 4 rings (SSSR count). The minimum absolute atomic E-state index is 0.124. The van der Waals surface area contributed by atoms with Gasteiger partial charge in [-0.1, -0.05) is 41.6 Å². The average molecular weight is 470 g/mol. The molecule has 9 heteroatoms. The molecule has 7 nitrogen and oxygen atoms in total. The Kier molecular flexibility index (Phi) is 7.06. The van der Waals surface area contributed by atoms with Crippen LogP contribution in [-0.4, -0.2) is 39.9 Å². The Morgan fingerprint density at radius 3 is 2.81 bits per heavy atom. The number of carbonyl (C=O) groups excluding carboxylic acids is 2. The van der Waals surface area contributed by atoms with Crippen LogP contribution in [0.4, 0.5) is 0 Å². The number of rotatable bonds is 8. The molecule has 0 radical (unpaired) electrons. The molecular weight excluding hydrogens is 446 g/mol. The van der Waals surface area contributed by atoms with E-state index in [1.807, 2.05) is 48.7 Å². The predicted octanol–water partition coefficient (Wildman–Crippen LogP) is 4.62. The van der Waals surface area contributed by atoms with Gasteiger partial charge in [0.05, 0.1) is 36.4 Å². The van der Waals surface area contributed by atoms with E-state index in [9.17, 15) is 9.59 Å². The average Bonchev–Trinajstić information content (AvgIpc) is 3.53. The Balaban J connectivity index is 1.45. The number of amides is 1. The molecule has 0 bridgehead atoms. The molecule has 0 saturated carbocycles. The second-order valence-electron chi connectivity index (χ2n) is 7.26. The largest absolute Gasteiger partial charge is 0.467 e. The first-order valence-corrected chi connectivity index (χ1v) is 12.1. The number of aromatic nitrogens is 1. The fraction of sp³-hybridized carbons (Fsp3) is 0.304. The number of aryl methyl sites for hydroxylation is 1. The van der Waals surface area contributed by atoms with Gasteiger partial charge in [-0.15, -0.1) is 11.3 Å². The highest BCUT2D eigenvalue weighted by Crippen LogP contribution is 2.34. The van der Waals surface area contributed by atoms with Crippen LogP contribution in [-0.2, 0) is 20.7 Å². The van der Waals surface area contributed by atoms with Gasteiger partial charge in [-0.25, -0.2) is 9.99 Å². The van der Waals surface area contributed by atoms with Crippen LogP contribution in [0.2, 0.25) is 0 Å². The maximum atomic E-state index is 13.1. The van der Waals surface area contributed by atoms with Gasteiger partial charge in [0.2, 0.25) is 0 Å². The number of thiazole rings is 1. The van der Waals surface area contributed by atoms with Crippen molar-refractivity contribution in [1.82, 2.24) is 9.99 Å². The normalized spacial score (nSPS) is 15.6. The fourth-order valence-electron chi connectivity index (χ4n) is 3.35. The van der Waals surface area contributed by atoms with Gasteiger partial charge in [0.1, 0.15) is 11.8 Å². The molecule has 0 saturated heterocycles. The summed E-state index contributed by atoms with van der Waals surface area (Å²) in [6.45, 7) is 4.15. The number of thioether (sulfide) groups is 1. The summed E-state index contributed by atoms with van der Waals surface area (Å²) in [7, 11) is 0. The number of hydrogen-bond donors (Lipinski definition) is 0. The molecule has 1 atom stereocenters. The van der Waals surface area contributed by atoms with Gasteiger partial charge >= 0.3 is 5.97 Å². The number of ether oxygens (including phenoxy) is 1. The molecule has 32 heavy (non-hydrogen) atoms. The van der Waals surface area contributed by atoms with Crippen LogP contribution in [0.25, 0.3) is 0 Å². The van der Waals surface area contributed by atoms with Crippen molar-refractivity contribution in [3.8, 4) is 0 Å². The summed E-state index contributed by atoms with van der Waals surface area (Å²) in [5.41, 5.74) is 3.68. The zero-order chi connectivity index (χ0) is 22.5. The lowest BCUT2D eigenvalue weighted by Crippen LogP contribution is -2.28. The van der Waals surface area contributed by atoms with Crippen LogP contribution in [0.1, 0.15) is 42.0 Å². The van der Waals surface area contributed by atoms with Crippen LogP contribution in [0.5, 0.6) is 0 Å². The number of hydrogen-bond acceptors (Lipinski definition) is 8. The lowest BCUT2D eigenvalue weighted by atomic mass is 10.0. The highest BCUT2D eigenvalue weighted by atomic mass is 32.2. The Hall–Kier alpha value is -2.91. The predicted molar refractivity (Wildman–Crippen MR) is 124 cm³/mol. The molecule has 2 aromatic heterocycles.